The van der Waals surface area contributed by atoms with Crippen LogP contribution in [0.2, 0.25) is 5.02 Å². The van der Waals surface area contributed by atoms with E-state index in [1.165, 1.54) is 0 Å². The van der Waals surface area contributed by atoms with Crippen LogP contribution in [0.25, 0.3) is 0 Å². The molecular formula is C23H25ClO2. The first kappa shape index (κ1) is 18.8. The van der Waals surface area contributed by atoms with Crippen molar-refractivity contribution in [2.45, 2.75) is 58.3 Å². The number of hydrogen-bond acceptors (Lipinski definition) is 2. The summed E-state index contributed by atoms with van der Waals surface area (Å²) in [5.74, 6) is -0.0436. The zero-order valence-corrected chi connectivity index (χ0v) is 16.3. The molecule has 0 radical (unpaired) electrons. The number of benzene rings is 1. The van der Waals surface area contributed by atoms with Crippen LogP contribution in [0.4, 0.5) is 0 Å². The molecule has 1 aromatic rings. The fraction of sp³-hybridized carbons (Fsp3) is 0.391. The second kappa shape index (κ2) is 7.75. The van der Waals surface area contributed by atoms with Gasteiger partial charge in [-0.2, -0.15) is 0 Å². The third kappa shape index (κ3) is 3.48. The molecule has 0 saturated carbocycles. The summed E-state index contributed by atoms with van der Waals surface area (Å²) in [5, 5.41) is 0.665. The van der Waals surface area contributed by atoms with Crippen molar-refractivity contribution in [3.63, 3.8) is 0 Å². The lowest BCUT2D eigenvalue weighted by molar-refractivity contribution is -0.116. The Bertz CT molecular complexity index is 842. The zero-order valence-electron chi connectivity index (χ0n) is 15.5. The van der Waals surface area contributed by atoms with Crippen molar-refractivity contribution >= 4 is 23.2 Å². The van der Waals surface area contributed by atoms with E-state index in [2.05, 4.69) is 6.58 Å². The minimum atomic E-state index is -0.332. The average Bonchev–Trinajstić information content (AvgIpc) is 2.61. The predicted molar refractivity (Wildman–Crippen MR) is 107 cm³/mol. The van der Waals surface area contributed by atoms with E-state index in [0.29, 0.717) is 17.9 Å². The summed E-state index contributed by atoms with van der Waals surface area (Å²) in [7, 11) is 0. The Morgan fingerprint density at radius 1 is 1.00 bits per heavy atom. The first-order valence-electron chi connectivity index (χ1n) is 9.31. The van der Waals surface area contributed by atoms with Crippen LogP contribution in [0.1, 0.15) is 62.5 Å². The molecule has 1 aromatic carbocycles. The molecule has 3 rings (SSSR count). The lowest BCUT2D eigenvalue weighted by Gasteiger charge is -2.30. The van der Waals surface area contributed by atoms with Gasteiger partial charge in [-0.05, 0) is 62.3 Å². The second-order valence-electron chi connectivity index (χ2n) is 7.33. The van der Waals surface area contributed by atoms with Gasteiger partial charge in [0.1, 0.15) is 0 Å². The molecule has 2 nitrogen and oxygen atoms in total. The van der Waals surface area contributed by atoms with Crippen molar-refractivity contribution in [3.05, 3.63) is 69.3 Å². The van der Waals surface area contributed by atoms with Crippen LogP contribution in [-0.4, -0.2) is 11.6 Å². The first-order chi connectivity index (χ1) is 12.4. The van der Waals surface area contributed by atoms with Crippen LogP contribution in [0.3, 0.4) is 0 Å². The molecule has 0 bridgehead atoms. The molecule has 136 valence electrons. The number of aryl methyl sites for hydroxylation is 1. The van der Waals surface area contributed by atoms with E-state index in [0.717, 1.165) is 59.1 Å². The van der Waals surface area contributed by atoms with Gasteiger partial charge in [0.2, 0.25) is 0 Å². The second-order valence-corrected chi connectivity index (χ2v) is 7.74. The summed E-state index contributed by atoms with van der Waals surface area (Å²) in [6.45, 7) is 7.90. The number of hydrogen-bond donors (Lipinski definition) is 0. The number of rotatable bonds is 4. The van der Waals surface area contributed by atoms with E-state index in [-0.39, 0.29) is 17.5 Å². The van der Waals surface area contributed by atoms with Crippen molar-refractivity contribution < 1.29 is 9.59 Å². The van der Waals surface area contributed by atoms with Crippen LogP contribution in [0, 0.1) is 6.92 Å². The van der Waals surface area contributed by atoms with E-state index >= 15 is 0 Å². The molecule has 0 fully saturated rings. The Morgan fingerprint density at radius 3 is 2.27 bits per heavy atom. The van der Waals surface area contributed by atoms with Gasteiger partial charge >= 0.3 is 0 Å². The third-order valence-corrected chi connectivity index (χ3v) is 5.97. The summed E-state index contributed by atoms with van der Waals surface area (Å²) in [6.07, 6.45) is 6.34. The highest BCUT2D eigenvalue weighted by atomic mass is 35.5. The standard InChI is InChI=1S/C23H25ClO2/c1-4-16-8-6-10-20(26)22(16)23(17-12-11-14(2)18(24)13-17)21-15(3)7-5-9-19(21)25/h4,11-13,23H,1,5-10H2,2-3H3. The van der Waals surface area contributed by atoms with E-state index in [4.69, 9.17) is 11.6 Å². The van der Waals surface area contributed by atoms with E-state index in [1.807, 2.05) is 32.0 Å². The van der Waals surface area contributed by atoms with Crippen LogP contribution in [-0.2, 0) is 9.59 Å². The van der Waals surface area contributed by atoms with Gasteiger partial charge in [-0.15, -0.1) is 0 Å². The van der Waals surface area contributed by atoms with E-state index < -0.39 is 0 Å². The highest BCUT2D eigenvalue weighted by Gasteiger charge is 2.35. The molecule has 0 aliphatic heterocycles. The molecule has 0 heterocycles. The fourth-order valence-electron chi connectivity index (χ4n) is 4.14. The normalized spacial score (nSPS) is 19.8. The summed E-state index contributed by atoms with van der Waals surface area (Å²) >= 11 is 6.39. The van der Waals surface area contributed by atoms with Crippen molar-refractivity contribution in [2.75, 3.05) is 0 Å². The predicted octanol–water partition coefficient (Wildman–Crippen LogP) is 6.04. The number of halogens is 1. The lowest BCUT2D eigenvalue weighted by atomic mass is 9.71. The van der Waals surface area contributed by atoms with E-state index in [9.17, 15) is 9.59 Å². The van der Waals surface area contributed by atoms with Gasteiger partial charge in [0.25, 0.3) is 0 Å². The smallest absolute Gasteiger partial charge is 0.160 e. The fourth-order valence-corrected chi connectivity index (χ4v) is 4.33. The van der Waals surface area contributed by atoms with Gasteiger partial charge < -0.3 is 0 Å². The van der Waals surface area contributed by atoms with E-state index in [1.54, 1.807) is 6.08 Å². The summed E-state index contributed by atoms with van der Waals surface area (Å²) in [6, 6.07) is 5.89. The molecule has 0 spiro atoms. The Kier molecular flexibility index (Phi) is 5.62. The molecule has 26 heavy (non-hydrogen) atoms. The molecule has 0 aromatic heterocycles. The van der Waals surface area contributed by atoms with Gasteiger partial charge in [-0.3, -0.25) is 9.59 Å². The Balaban J connectivity index is 2.27. The molecule has 0 N–H and O–H groups in total. The Labute approximate surface area is 160 Å². The maximum absolute atomic E-state index is 12.9. The highest BCUT2D eigenvalue weighted by molar-refractivity contribution is 6.31. The number of carbonyl (C=O) groups is 2. The zero-order chi connectivity index (χ0) is 18.8. The molecular weight excluding hydrogens is 344 g/mol. The SMILES string of the molecule is C=CC1=C(C(C2=C(C)CCCC2=O)c2ccc(C)c(Cl)c2)C(=O)CCC1. The maximum Gasteiger partial charge on any atom is 0.160 e. The Hall–Kier alpha value is -1.93. The number of allylic oxidation sites excluding steroid dienone is 5. The van der Waals surface area contributed by atoms with Crippen molar-refractivity contribution in [3.8, 4) is 0 Å². The quantitative estimate of drug-likeness (QED) is 0.649. The van der Waals surface area contributed by atoms with Gasteiger partial charge in [0.15, 0.2) is 11.6 Å². The molecule has 2 aliphatic carbocycles. The summed E-state index contributed by atoms with van der Waals surface area (Å²) in [5.41, 5.74) is 5.52. The molecule has 0 amide bonds. The van der Waals surface area contributed by atoms with Crippen molar-refractivity contribution in [2.24, 2.45) is 0 Å². The summed E-state index contributed by atoms with van der Waals surface area (Å²) in [4.78, 5) is 25.8. The molecule has 1 unspecified atom stereocenters. The van der Waals surface area contributed by atoms with Crippen LogP contribution in [0.5, 0.6) is 0 Å². The average molecular weight is 369 g/mol. The van der Waals surface area contributed by atoms with Gasteiger partial charge in [0.05, 0.1) is 0 Å². The third-order valence-electron chi connectivity index (χ3n) is 5.57. The highest BCUT2D eigenvalue weighted by Crippen LogP contribution is 2.43. The van der Waals surface area contributed by atoms with Crippen LogP contribution in [0.15, 0.2) is 53.1 Å². The number of carbonyl (C=O) groups excluding carboxylic acids is 2. The van der Waals surface area contributed by atoms with Crippen molar-refractivity contribution in [1.82, 2.24) is 0 Å². The monoisotopic (exact) mass is 368 g/mol. The number of Topliss-reactive ketones (excluding diaryl/α,β-unsaturated/α-hetero) is 2. The summed E-state index contributed by atoms with van der Waals surface area (Å²) < 4.78 is 0. The van der Waals surface area contributed by atoms with Gasteiger partial charge in [-0.1, -0.05) is 42.0 Å². The first-order valence-corrected chi connectivity index (χ1v) is 9.69. The van der Waals surface area contributed by atoms with Gasteiger partial charge in [0, 0.05) is 34.9 Å². The minimum Gasteiger partial charge on any atom is -0.295 e. The van der Waals surface area contributed by atoms with Crippen LogP contribution >= 0.6 is 11.6 Å². The topological polar surface area (TPSA) is 34.1 Å². The molecule has 0 saturated heterocycles. The van der Waals surface area contributed by atoms with Gasteiger partial charge in [-0.25, -0.2) is 0 Å². The van der Waals surface area contributed by atoms with Crippen LogP contribution < -0.4 is 0 Å². The maximum atomic E-state index is 12.9. The minimum absolute atomic E-state index is 0.131. The number of ketones is 2. The molecule has 1 atom stereocenters. The lowest BCUT2D eigenvalue weighted by Crippen LogP contribution is -2.25. The Morgan fingerprint density at radius 2 is 1.65 bits per heavy atom. The molecule has 3 heteroatoms. The molecule has 2 aliphatic rings. The largest absolute Gasteiger partial charge is 0.295 e. The van der Waals surface area contributed by atoms with Crippen molar-refractivity contribution in [1.29, 1.82) is 0 Å².